The number of carboxylic acid groups (broad SMARTS) is 1. The van der Waals surface area contributed by atoms with Gasteiger partial charge in [0.2, 0.25) is 0 Å². The summed E-state index contributed by atoms with van der Waals surface area (Å²) < 4.78 is 5.55. The van der Waals surface area contributed by atoms with Gasteiger partial charge in [-0.25, -0.2) is 0 Å². The third-order valence-electron chi connectivity index (χ3n) is 3.57. The standard InChI is InChI=1S/C22H30O3/c1-2-3-14-17-20-21(25-20)18-15-12-10-8-6-4-5-7-9-11-13-16-19-22(23)24/h3,5-8,10-15,18,20-21H,2,4,9,16-17,19H2,1H3,(H,23,24)/b7-5-,8-6-,12-10+,13-11-,14-3-,18-15+/t20?,21-/m0/s1. The maximum atomic E-state index is 10.3. The smallest absolute Gasteiger partial charge is 0.303 e. The number of hydrogen-bond acceptors (Lipinski definition) is 2. The molecule has 2 atom stereocenters. The summed E-state index contributed by atoms with van der Waals surface area (Å²) in [7, 11) is 0. The van der Waals surface area contributed by atoms with Crippen LogP contribution in [-0.4, -0.2) is 23.3 Å². The van der Waals surface area contributed by atoms with Gasteiger partial charge in [-0.3, -0.25) is 4.79 Å². The van der Waals surface area contributed by atoms with Gasteiger partial charge in [0.15, 0.2) is 0 Å². The fraction of sp³-hybridized carbons (Fsp3) is 0.409. The van der Waals surface area contributed by atoms with Gasteiger partial charge in [0, 0.05) is 6.42 Å². The molecule has 0 spiro atoms. The lowest BCUT2D eigenvalue weighted by Crippen LogP contribution is -1.91. The van der Waals surface area contributed by atoms with Gasteiger partial charge < -0.3 is 9.84 Å². The predicted molar refractivity (Wildman–Crippen MR) is 105 cm³/mol. The molecule has 0 aromatic heterocycles. The van der Waals surface area contributed by atoms with E-state index in [1.165, 1.54) is 0 Å². The summed E-state index contributed by atoms with van der Waals surface area (Å²) in [5.74, 6) is -0.748. The number of carbonyl (C=O) groups is 1. The van der Waals surface area contributed by atoms with E-state index in [9.17, 15) is 4.79 Å². The van der Waals surface area contributed by atoms with E-state index in [4.69, 9.17) is 9.84 Å². The second kappa shape index (κ2) is 14.2. The molecule has 1 rings (SSSR count). The van der Waals surface area contributed by atoms with E-state index < -0.39 is 5.97 Å². The first-order valence-electron chi connectivity index (χ1n) is 9.06. The minimum Gasteiger partial charge on any atom is -0.481 e. The summed E-state index contributed by atoms with van der Waals surface area (Å²) in [5.41, 5.74) is 0. The van der Waals surface area contributed by atoms with Crippen LogP contribution in [0.1, 0.15) is 45.4 Å². The Morgan fingerprint density at radius 1 is 0.920 bits per heavy atom. The van der Waals surface area contributed by atoms with E-state index in [1.54, 1.807) is 0 Å². The normalized spacial score (nSPS) is 21.2. The molecule has 3 heteroatoms. The van der Waals surface area contributed by atoms with Crippen molar-refractivity contribution in [2.24, 2.45) is 0 Å². The van der Waals surface area contributed by atoms with E-state index in [0.717, 1.165) is 25.7 Å². The van der Waals surface area contributed by atoms with E-state index in [0.29, 0.717) is 12.5 Å². The number of epoxide rings is 1. The molecule has 0 aromatic rings. The lowest BCUT2D eigenvalue weighted by Gasteiger charge is -1.86. The van der Waals surface area contributed by atoms with Crippen LogP contribution in [0.25, 0.3) is 0 Å². The second-order valence-corrected chi connectivity index (χ2v) is 5.80. The molecule has 1 aliphatic heterocycles. The van der Waals surface area contributed by atoms with Gasteiger partial charge in [-0.05, 0) is 32.1 Å². The zero-order valence-electron chi connectivity index (χ0n) is 15.1. The summed E-state index contributed by atoms with van der Waals surface area (Å²) in [4.78, 5) is 10.3. The van der Waals surface area contributed by atoms with Crippen molar-refractivity contribution in [3.8, 4) is 0 Å². The molecule has 0 saturated carbocycles. The van der Waals surface area contributed by atoms with Crippen molar-refractivity contribution < 1.29 is 14.6 Å². The molecule has 0 amide bonds. The van der Waals surface area contributed by atoms with E-state index in [-0.39, 0.29) is 12.5 Å². The lowest BCUT2D eigenvalue weighted by atomic mass is 10.2. The van der Waals surface area contributed by atoms with Crippen molar-refractivity contribution in [1.29, 1.82) is 0 Å². The highest BCUT2D eigenvalue weighted by Gasteiger charge is 2.34. The number of rotatable bonds is 13. The SMILES string of the molecule is CC/C=C\CC1O[C@H]1/C=C/C=C/C=C\C/C=C\C/C=C\CCC(=O)O. The Balaban J connectivity index is 2.01. The summed E-state index contributed by atoms with van der Waals surface area (Å²) in [6.07, 6.45) is 30.1. The zero-order valence-corrected chi connectivity index (χ0v) is 15.1. The van der Waals surface area contributed by atoms with Crippen LogP contribution in [0.4, 0.5) is 0 Å². The molecule has 1 aliphatic rings. The van der Waals surface area contributed by atoms with E-state index in [2.05, 4.69) is 43.4 Å². The van der Waals surface area contributed by atoms with Crippen LogP contribution in [0.3, 0.4) is 0 Å². The molecule has 1 N–H and O–H groups in total. The zero-order chi connectivity index (χ0) is 18.2. The van der Waals surface area contributed by atoms with Gasteiger partial charge in [-0.2, -0.15) is 0 Å². The molecule has 1 saturated heterocycles. The first-order valence-corrected chi connectivity index (χ1v) is 9.06. The maximum Gasteiger partial charge on any atom is 0.303 e. The second-order valence-electron chi connectivity index (χ2n) is 5.80. The highest BCUT2D eigenvalue weighted by Crippen LogP contribution is 2.26. The Hall–Kier alpha value is -2.13. The van der Waals surface area contributed by atoms with Crippen LogP contribution < -0.4 is 0 Å². The Kier molecular flexibility index (Phi) is 11.9. The molecule has 0 bridgehead atoms. The van der Waals surface area contributed by atoms with Crippen molar-refractivity contribution in [2.45, 2.75) is 57.7 Å². The highest BCUT2D eigenvalue weighted by molar-refractivity contribution is 5.66. The Morgan fingerprint density at radius 3 is 2.40 bits per heavy atom. The van der Waals surface area contributed by atoms with Gasteiger partial charge in [-0.15, -0.1) is 0 Å². The number of hydrogen-bond donors (Lipinski definition) is 1. The number of allylic oxidation sites excluding steroid dienone is 10. The minimum atomic E-state index is -0.748. The van der Waals surface area contributed by atoms with Gasteiger partial charge >= 0.3 is 5.97 Å². The molecular formula is C22H30O3. The molecule has 136 valence electrons. The highest BCUT2D eigenvalue weighted by atomic mass is 16.6. The molecule has 3 nitrogen and oxygen atoms in total. The van der Waals surface area contributed by atoms with Crippen molar-refractivity contribution in [1.82, 2.24) is 0 Å². The van der Waals surface area contributed by atoms with Crippen LogP contribution in [0.15, 0.2) is 72.9 Å². The van der Waals surface area contributed by atoms with Gasteiger partial charge in [0.05, 0.1) is 6.10 Å². The summed E-state index contributed by atoms with van der Waals surface area (Å²) in [6.45, 7) is 2.14. The van der Waals surface area contributed by atoms with Crippen molar-refractivity contribution in [3.05, 3.63) is 72.9 Å². The molecule has 0 aliphatic carbocycles. The predicted octanol–water partition coefficient (Wildman–Crippen LogP) is 5.54. The third-order valence-corrected chi connectivity index (χ3v) is 3.57. The minimum absolute atomic E-state index is 0.202. The largest absolute Gasteiger partial charge is 0.481 e. The molecule has 0 radical (unpaired) electrons. The molecule has 1 fully saturated rings. The van der Waals surface area contributed by atoms with Crippen LogP contribution in [-0.2, 0) is 9.53 Å². The average molecular weight is 342 g/mol. The molecular weight excluding hydrogens is 312 g/mol. The average Bonchev–Trinajstić information content (AvgIpc) is 3.33. The van der Waals surface area contributed by atoms with E-state index in [1.807, 2.05) is 36.5 Å². The maximum absolute atomic E-state index is 10.3. The number of carboxylic acids is 1. The van der Waals surface area contributed by atoms with Crippen molar-refractivity contribution in [2.75, 3.05) is 0 Å². The fourth-order valence-electron chi connectivity index (χ4n) is 2.14. The van der Waals surface area contributed by atoms with E-state index >= 15 is 0 Å². The van der Waals surface area contributed by atoms with Gasteiger partial charge in [-0.1, -0.05) is 79.8 Å². The number of aliphatic carboxylic acids is 1. The van der Waals surface area contributed by atoms with Crippen LogP contribution >= 0.6 is 0 Å². The number of ether oxygens (including phenoxy) is 1. The fourth-order valence-corrected chi connectivity index (χ4v) is 2.14. The van der Waals surface area contributed by atoms with Crippen LogP contribution in [0.2, 0.25) is 0 Å². The quantitative estimate of drug-likeness (QED) is 0.272. The van der Waals surface area contributed by atoms with Crippen molar-refractivity contribution >= 4 is 5.97 Å². The summed E-state index contributed by atoms with van der Waals surface area (Å²) in [5, 5.41) is 8.50. The van der Waals surface area contributed by atoms with Crippen molar-refractivity contribution in [3.63, 3.8) is 0 Å². The first-order chi connectivity index (χ1) is 12.2. The van der Waals surface area contributed by atoms with Gasteiger partial charge in [0.1, 0.15) is 6.10 Å². The first kappa shape index (κ1) is 20.9. The lowest BCUT2D eigenvalue weighted by molar-refractivity contribution is -0.136. The molecule has 1 unspecified atom stereocenters. The summed E-state index contributed by atoms with van der Waals surface area (Å²) in [6, 6.07) is 0. The Morgan fingerprint density at radius 2 is 1.64 bits per heavy atom. The summed E-state index contributed by atoms with van der Waals surface area (Å²) >= 11 is 0. The molecule has 25 heavy (non-hydrogen) atoms. The Bertz CT molecular complexity index is 535. The van der Waals surface area contributed by atoms with Crippen LogP contribution in [0, 0.1) is 0 Å². The molecule has 1 heterocycles. The topological polar surface area (TPSA) is 49.8 Å². The Labute approximate surface area is 151 Å². The monoisotopic (exact) mass is 342 g/mol. The molecule has 0 aromatic carbocycles. The van der Waals surface area contributed by atoms with Crippen LogP contribution in [0.5, 0.6) is 0 Å². The third kappa shape index (κ3) is 12.9. The van der Waals surface area contributed by atoms with Gasteiger partial charge in [0.25, 0.3) is 0 Å².